The minimum absolute atomic E-state index is 0.0268. The van der Waals surface area contributed by atoms with Gasteiger partial charge in [0.05, 0.1) is 18.1 Å². The van der Waals surface area contributed by atoms with Crippen LogP contribution in [-0.2, 0) is 10.5 Å². The van der Waals surface area contributed by atoms with E-state index in [9.17, 15) is 10.2 Å². The third-order valence-corrected chi connectivity index (χ3v) is 3.65. The lowest BCUT2D eigenvalue weighted by Crippen LogP contribution is -2.50. The Bertz CT molecular complexity index is 619. The van der Waals surface area contributed by atoms with Crippen LogP contribution in [0, 0.1) is 6.92 Å². The summed E-state index contributed by atoms with van der Waals surface area (Å²) in [7, 11) is 1.40. The van der Waals surface area contributed by atoms with Crippen molar-refractivity contribution < 1.29 is 20.1 Å². The monoisotopic (exact) mass is 297 g/mol. The van der Waals surface area contributed by atoms with Crippen LogP contribution in [0.15, 0.2) is 6.33 Å². The van der Waals surface area contributed by atoms with Gasteiger partial charge in [-0.1, -0.05) is 0 Å². The molecule has 9 heteroatoms. The van der Waals surface area contributed by atoms with Crippen molar-refractivity contribution in [1.82, 2.24) is 25.0 Å². The van der Waals surface area contributed by atoms with Gasteiger partial charge in [0.25, 0.3) is 0 Å². The van der Waals surface area contributed by atoms with Gasteiger partial charge in [-0.05, 0) is 25.5 Å². The molecule has 1 unspecified atom stereocenters. The van der Waals surface area contributed by atoms with Gasteiger partial charge in [-0.25, -0.2) is 4.98 Å². The molecule has 9 nitrogen and oxygen atoms in total. The maximum Gasteiger partial charge on any atom is 0.188 e. The molecule has 116 valence electrons. The van der Waals surface area contributed by atoms with Crippen LogP contribution in [0.4, 0.5) is 0 Å². The lowest BCUT2D eigenvalue weighted by molar-refractivity contribution is -0.181. The molecule has 0 aromatic carbocycles. The Balaban J connectivity index is 2.50. The van der Waals surface area contributed by atoms with Gasteiger partial charge < -0.3 is 20.1 Å². The average Bonchev–Trinajstić information content (AvgIpc) is 2.92. The SMILES string of the molecule is COC(C)([C@@H](O)[C@@H](O)CCO)n1cnc2c(C)nnnc21. The fraction of sp³-hybridized carbons (Fsp3) is 0.667. The van der Waals surface area contributed by atoms with Crippen molar-refractivity contribution in [2.75, 3.05) is 13.7 Å². The molecule has 0 radical (unpaired) electrons. The second-order valence-corrected chi connectivity index (χ2v) is 4.94. The van der Waals surface area contributed by atoms with Crippen LogP contribution in [0.25, 0.3) is 11.2 Å². The van der Waals surface area contributed by atoms with E-state index in [1.807, 2.05) is 0 Å². The summed E-state index contributed by atoms with van der Waals surface area (Å²) in [5.41, 5.74) is 0.216. The maximum absolute atomic E-state index is 10.4. The largest absolute Gasteiger partial charge is 0.396 e. The Morgan fingerprint density at radius 2 is 2.10 bits per heavy atom. The Morgan fingerprint density at radius 3 is 2.71 bits per heavy atom. The van der Waals surface area contributed by atoms with E-state index >= 15 is 0 Å². The number of imidazole rings is 1. The van der Waals surface area contributed by atoms with Crippen molar-refractivity contribution in [3.05, 3.63) is 12.0 Å². The molecule has 3 atom stereocenters. The zero-order valence-electron chi connectivity index (χ0n) is 12.1. The molecule has 0 bridgehead atoms. The van der Waals surface area contributed by atoms with Gasteiger partial charge >= 0.3 is 0 Å². The highest BCUT2D eigenvalue weighted by atomic mass is 16.5. The highest BCUT2D eigenvalue weighted by Gasteiger charge is 2.40. The van der Waals surface area contributed by atoms with Gasteiger partial charge in [0.2, 0.25) is 0 Å². The number of aliphatic hydroxyl groups is 3. The number of methoxy groups -OCH3 is 1. The van der Waals surface area contributed by atoms with Gasteiger partial charge in [-0.3, -0.25) is 4.57 Å². The van der Waals surface area contributed by atoms with Gasteiger partial charge in [0.15, 0.2) is 11.4 Å². The van der Waals surface area contributed by atoms with E-state index in [1.165, 1.54) is 18.0 Å². The number of nitrogens with zero attached hydrogens (tertiary/aromatic N) is 5. The third-order valence-electron chi connectivity index (χ3n) is 3.65. The normalized spacial score (nSPS) is 17.6. The number of fused-ring (bicyclic) bond motifs is 1. The summed E-state index contributed by atoms with van der Waals surface area (Å²) in [6.45, 7) is 3.10. The summed E-state index contributed by atoms with van der Waals surface area (Å²) >= 11 is 0. The van der Waals surface area contributed by atoms with E-state index in [2.05, 4.69) is 20.4 Å². The fourth-order valence-corrected chi connectivity index (χ4v) is 2.21. The van der Waals surface area contributed by atoms with Crippen LogP contribution < -0.4 is 0 Å². The van der Waals surface area contributed by atoms with Crippen molar-refractivity contribution in [1.29, 1.82) is 0 Å². The molecule has 0 aliphatic heterocycles. The van der Waals surface area contributed by atoms with Crippen LogP contribution in [0.1, 0.15) is 19.0 Å². The molecule has 2 aromatic heterocycles. The van der Waals surface area contributed by atoms with Gasteiger partial charge in [-0.15, -0.1) is 10.2 Å². The highest BCUT2D eigenvalue weighted by molar-refractivity contribution is 5.72. The van der Waals surface area contributed by atoms with Gasteiger partial charge in [-0.2, -0.15) is 0 Å². The third kappa shape index (κ3) is 2.60. The van der Waals surface area contributed by atoms with E-state index < -0.39 is 17.9 Å². The van der Waals surface area contributed by atoms with Crippen LogP contribution in [0.5, 0.6) is 0 Å². The van der Waals surface area contributed by atoms with E-state index in [0.29, 0.717) is 16.9 Å². The molecule has 0 spiro atoms. The molecular weight excluding hydrogens is 278 g/mol. The fourth-order valence-electron chi connectivity index (χ4n) is 2.21. The molecule has 0 fully saturated rings. The van der Waals surface area contributed by atoms with E-state index in [0.717, 1.165) is 0 Å². The smallest absolute Gasteiger partial charge is 0.188 e. The maximum atomic E-state index is 10.4. The molecule has 0 saturated carbocycles. The first kappa shape index (κ1) is 15.7. The number of aliphatic hydroxyl groups excluding tert-OH is 3. The zero-order chi connectivity index (χ0) is 15.6. The molecule has 0 aliphatic rings. The minimum atomic E-state index is -1.31. The lowest BCUT2D eigenvalue weighted by Gasteiger charge is -2.36. The summed E-state index contributed by atoms with van der Waals surface area (Å²) < 4.78 is 6.90. The minimum Gasteiger partial charge on any atom is -0.396 e. The van der Waals surface area contributed by atoms with Crippen molar-refractivity contribution in [2.24, 2.45) is 0 Å². The molecule has 0 amide bonds. The van der Waals surface area contributed by atoms with Gasteiger partial charge in [0, 0.05) is 13.7 Å². The Labute approximate surface area is 121 Å². The first-order valence-electron chi connectivity index (χ1n) is 6.51. The first-order valence-corrected chi connectivity index (χ1v) is 6.51. The second kappa shape index (κ2) is 5.98. The first-order chi connectivity index (χ1) is 9.95. The summed E-state index contributed by atoms with van der Waals surface area (Å²) in [6, 6.07) is 0. The van der Waals surface area contributed by atoms with Crippen molar-refractivity contribution in [3.8, 4) is 0 Å². The lowest BCUT2D eigenvalue weighted by atomic mass is 10.0. The summed E-state index contributed by atoms with van der Waals surface area (Å²) in [6.07, 6.45) is -0.971. The Morgan fingerprint density at radius 1 is 1.38 bits per heavy atom. The quantitative estimate of drug-likeness (QED) is 0.616. The van der Waals surface area contributed by atoms with E-state index in [4.69, 9.17) is 9.84 Å². The molecule has 0 saturated heterocycles. The summed E-state index contributed by atoms with van der Waals surface area (Å²) in [4.78, 5) is 4.20. The van der Waals surface area contributed by atoms with Crippen LogP contribution in [0.2, 0.25) is 0 Å². The number of rotatable bonds is 6. The zero-order valence-corrected chi connectivity index (χ0v) is 12.1. The Kier molecular flexibility index (Phi) is 4.47. The molecule has 0 aliphatic carbocycles. The van der Waals surface area contributed by atoms with E-state index in [1.54, 1.807) is 13.8 Å². The number of aryl methyl sites for hydroxylation is 1. The second-order valence-electron chi connectivity index (χ2n) is 4.94. The van der Waals surface area contributed by atoms with Crippen molar-refractivity contribution in [3.63, 3.8) is 0 Å². The predicted octanol–water partition coefficient (Wildman–Crippen LogP) is -1.05. The number of hydrogen-bond acceptors (Lipinski definition) is 8. The van der Waals surface area contributed by atoms with Crippen LogP contribution in [-0.4, -0.2) is 66.2 Å². The molecule has 2 aromatic rings. The Hall–Kier alpha value is -1.68. The molecule has 2 heterocycles. The molecule has 21 heavy (non-hydrogen) atoms. The number of aromatic nitrogens is 5. The standard InChI is InChI=1S/C12H19N5O4/c1-7-9-11(15-16-14-7)17(6-13-9)12(2,21-3)10(20)8(19)4-5-18/h6,8,10,18-20H,4-5H2,1-3H3/t8-,10-,12?/m0/s1. The van der Waals surface area contributed by atoms with Crippen LogP contribution in [0.3, 0.4) is 0 Å². The highest BCUT2D eigenvalue weighted by Crippen LogP contribution is 2.28. The van der Waals surface area contributed by atoms with E-state index in [-0.39, 0.29) is 13.0 Å². The number of hydrogen-bond donors (Lipinski definition) is 3. The average molecular weight is 297 g/mol. The summed E-state index contributed by atoms with van der Waals surface area (Å²) in [5, 5.41) is 40.6. The number of ether oxygens (including phenoxy) is 1. The van der Waals surface area contributed by atoms with Crippen molar-refractivity contribution in [2.45, 2.75) is 38.2 Å². The molecular formula is C12H19N5O4. The molecule has 2 rings (SSSR count). The van der Waals surface area contributed by atoms with Gasteiger partial charge in [0.1, 0.15) is 11.6 Å². The van der Waals surface area contributed by atoms with Crippen molar-refractivity contribution >= 4 is 11.2 Å². The topological polar surface area (TPSA) is 126 Å². The molecule has 3 N–H and O–H groups in total. The summed E-state index contributed by atoms with van der Waals surface area (Å²) in [5.74, 6) is 0. The van der Waals surface area contributed by atoms with Crippen LogP contribution >= 0.6 is 0 Å². The predicted molar refractivity (Wildman–Crippen MR) is 72.2 cm³/mol.